The summed E-state index contributed by atoms with van der Waals surface area (Å²) in [6.45, 7) is -0.0617. The highest BCUT2D eigenvalue weighted by Gasteiger charge is 2.23. The van der Waals surface area contributed by atoms with Crippen LogP contribution in [-0.4, -0.2) is 36.5 Å². The molecule has 9 heteroatoms. The summed E-state index contributed by atoms with van der Waals surface area (Å²) >= 11 is 0. The van der Waals surface area contributed by atoms with Crippen molar-refractivity contribution < 1.29 is 36.9 Å². The Kier molecular flexibility index (Phi) is 5.55. The molecule has 1 unspecified atom stereocenters. The van der Waals surface area contributed by atoms with Gasteiger partial charge in [-0.25, -0.2) is 4.39 Å². The maximum absolute atomic E-state index is 14.1. The molecule has 2 aromatic carbocycles. The average molecular weight is 397 g/mol. The normalized spacial score (nSPS) is 16.2. The maximum atomic E-state index is 14.1. The van der Waals surface area contributed by atoms with E-state index in [1.54, 1.807) is 0 Å². The first-order valence-corrected chi connectivity index (χ1v) is 8.16. The van der Waals surface area contributed by atoms with E-state index in [0.29, 0.717) is 23.3 Å². The van der Waals surface area contributed by atoms with Crippen LogP contribution in [0.1, 0.15) is 15.9 Å². The van der Waals surface area contributed by atoms with Crippen molar-refractivity contribution in [2.24, 2.45) is 0 Å². The topological polar surface area (TPSA) is 67.8 Å². The Labute approximate surface area is 157 Å². The van der Waals surface area contributed by atoms with Crippen molar-refractivity contribution >= 4 is 17.7 Å². The van der Waals surface area contributed by atoms with Crippen LogP contribution in [0.5, 0.6) is 11.5 Å². The van der Waals surface area contributed by atoms with Gasteiger partial charge in [-0.3, -0.25) is 4.79 Å². The van der Waals surface area contributed by atoms with Crippen LogP contribution in [0.2, 0.25) is 0 Å². The first kappa shape index (κ1) is 19.7. The summed E-state index contributed by atoms with van der Waals surface area (Å²) in [7, 11) is 0. The van der Waals surface area contributed by atoms with E-state index in [4.69, 9.17) is 14.6 Å². The minimum atomic E-state index is -4.51. The monoisotopic (exact) mass is 397 g/mol. The van der Waals surface area contributed by atoms with Gasteiger partial charge in [-0.2, -0.15) is 13.2 Å². The first-order valence-electron chi connectivity index (χ1n) is 8.16. The first-order chi connectivity index (χ1) is 13.2. The third kappa shape index (κ3) is 4.80. The summed E-state index contributed by atoms with van der Waals surface area (Å²) in [4.78, 5) is 12.3. The number of benzene rings is 2. The highest BCUT2D eigenvalue weighted by Crippen LogP contribution is 2.34. The summed E-state index contributed by atoms with van der Waals surface area (Å²) < 4.78 is 61.6. The molecule has 0 bridgehead atoms. The number of anilines is 1. The van der Waals surface area contributed by atoms with E-state index in [2.05, 4.69) is 5.32 Å². The number of nitrogens with one attached hydrogen (secondary N) is 1. The molecular formula is C19H15F4NO4. The molecule has 0 saturated heterocycles. The van der Waals surface area contributed by atoms with Crippen molar-refractivity contribution in [1.82, 2.24) is 0 Å². The second-order valence-corrected chi connectivity index (χ2v) is 5.96. The summed E-state index contributed by atoms with van der Waals surface area (Å²) in [6, 6.07) is 7.69. The third-order valence-electron chi connectivity index (χ3n) is 3.83. The number of carbonyl (C=O) groups excluding carboxylic acids is 1. The molecule has 1 aliphatic rings. The fraction of sp³-hybridized carbons (Fsp3) is 0.211. The van der Waals surface area contributed by atoms with Crippen LogP contribution < -0.4 is 14.8 Å². The number of halogens is 4. The molecule has 0 saturated carbocycles. The SMILES string of the molecule is O=C(Nc1ccc2c(c1)OCC(CO)O2)c1ccc(/C=C/C(F)(F)F)cc1F. The molecule has 148 valence electrons. The number of fused-ring (bicyclic) bond motifs is 1. The van der Waals surface area contributed by atoms with Crippen molar-refractivity contribution in [3.63, 3.8) is 0 Å². The molecule has 0 spiro atoms. The maximum Gasteiger partial charge on any atom is 0.409 e. The van der Waals surface area contributed by atoms with Gasteiger partial charge >= 0.3 is 6.18 Å². The predicted molar refractivity (Wildman–Crippen MR) is 92.9 cm³/mol. The van der Waals surface area contributed by atoms with E-state index in [0.717, 1.165) is 12.1 Å². The van der Waals surface area contributed by atoms with Crippen molar-refractivity contribution in [2.45, 2.75) is 12.3 Å². The Morgan fingerprint density at radius 2 is 2.00 bits per heavy atom. The molecule has 1 aliphatic heterocycles. The number of rotatable bonds is 4. The largest absolute Gasteiger partial charge is 0.486 e. The Hall–Kier alpha value is -3.07. The highest BCUT2D eigenvalue weighted by molar-refractivity contribution is 6.04. The van der Waals surface area contributed by atoms with Crippen molar-refractivity contribution in [1.29, 1.82) is 0 Å². The molecule has 1 atom stereocenters. The summed E-state index contributed by atoms with van der Waals surface area (Å²) in [5.41, 5.74) is -0.0289. The molecule has 2 N–H and O–H groups in total. The van der Waals surface area contributed by atoms with E-state index in [1.807, 2.05) is 0 Å². The Balaban J connectivity index is 1.72. The average Bonchev–Trinajstić information content (AvgIpc) is 2.65. The Morgan fingerprint density at radius 1 is 1.21 bits per heavy atom. The summed E-state index contributed by atoms with van der Waals surface area (Å²) in [6.07, 6.45) is -4.29. The number of aliphatic hydroxyl groups excluding tert-OH is 1. The lowest BCUT2D eigenvalue weighted by Gasteiger charge is -2.25. The van der Waals surface area contributed by atoms with E-state index < -0.39 is 24.0 Å². The number of allylic oxidation sites excluding steroid dienone is 1. The quantitative estimate of drug-likeness (QED) is 0.771. The third-order valence-corrected chi connectivity index (χ3v) is 3.83. The number of alkyl halides is 3. The Morgan fingerprint density at radius 3 is 2.68 bits per heavy atom. The molecule has 3 rings (SSSR count). The van der Waals surface area contributed by atoms with Crippen LogP contribution >= 0.6 is 0 Å². The number of aliphatic hydroxyl groups is 1. The van der Waals surface area contributed by atoms with Crippen molar-refractivity contribution in [3.8, 4) is 11.5 Å². The number of hydrogen-bond acceptors (Lipinski definition) is 4. The van der Waals surface area contributed by atoms with Gasteiger partial charge in [-0.15, -0.1) is 0 Å². The molecule has 1 heterocycles. The van der Waals surface area contributed by atoms with Gasteiger partial charge in [0, 0.05) is 17.8 Å². The summed E-state index contributed by atoms with van der Waals surface area (Å²) in [5, 5.41) is 11.6. The fourth-order valence-electron chi connectivity index (χ4n) is 2.49. The van der Waals surface area contributed by atoms with Gasteiger partial charge in [0.25, 0.3) is 5.91 Å². The molecule has 1 amide bonds. The summed E-state index contributed by atoms with van der Waals surface area (Å²) in [5.74, 6) is -0.968. The minimum absolute atomic E-state index is 0.0158. The second-order valence-electron chi connectivity index (χ2n) is 5.96. The molecule has 2 aromatic rings. The van der Waals surface area contributed by atoms with Gasteiger partial charge in [-0.05, 0) is 35.9 Å². The van der Waals surface area contributed by atoms with E-state index >= 15 is 0 Å². The van der Waals surface area contributed by atoms with Crippen LogP contribution in [0.15, 0.2) is 42.5 Å². The van der Waals surface area contributed by atoms with Gasteiger partial charge in [0.1, 0.15) is 12.4 Å². The predicted octanol–water partition coefficient (Wildman–Crippen LogP) is 3.79. The zero-order valence-corrected chi connectivity index (χ0v) is 14.3. The number of carbonyl (C=O) groups is 1. The van der Waals surface area contributed by atoms with Crippen LogP contribution in [0.4, 0.5) is 23.2 Å². The van der Waals surface area contributed by atoms with Gasteiger partial charge in [-0.1, -0.05) is 6.07 Å². The van der Waals surface area contributed by atoms with Crippen molar-refractivity contribution in [3.05, 3.63) is 59.4 Å². The van der Waals surface area contributed by atoms with Crippen LogP contribution in [-0.2, 0) is 0 Å². The number of amides is 1. The molecular weight excluding hydrogens is 382 g/mol. The standard InChI is InChI=1S/C19H15F4NO4/c20-15-7-11(5-6-19(21,22)23)1-3-14(15)18(26)24-12-2-4-16-17(8-12)27-10-13(9-25)28-16/h1-8,13,25H,9-10H2,(H,24,26)/b6-5+. The van der Waals surface area contributed by atoms with Crippen LogP contribution in [0, 0.1) is 5.82 Å². The van der Waals surface area contributed by atoms with Crippen molar-refractivity contribution in [2.75, 3.05) is 18.5 Å². The van der Waals surface area contributed by atoms with Crippen LogP contribution in [0.25, 0.3) is 6.08 Å². The lowest BCUT2D eigenvalue weighted by molar-refractivity contribution is -0.0790. The molecule has 28 heavy (non-hydrogen) atoms. The molecule has 0 aliphatic carbocycles. The van der Waals surface area contributed by atoms with E-state index in [9.17, 15) is 22.4 Å². The Bertz CT molecular complexity index is 911. The molecule has 5 nitrogen and oxygen atoms in total. The van der Waals surface area contributed by atoms with Gasteiger partial charge in [0.15, 0.2) is 17.6 Å². The molecule has 0 fully saturated rings. The number of ether oxygens (including phenoxy) is 2. The van der Waals surface area contributed by atoms with Crippen LogP contribution in [0.3, 0.4) is 0 Å². The van der Waals surface area contributed by atoms with E-state index in [1.165, 1.54) is 24.3 Å². The number of hydrogen-bond donors (Lipinski definition) is 2. The zero-order valence-electron chi connectivity index (χ0n) is 14.3. The molecule has 0 aromatic heterocycles. The van der Waals surface area contributed by atoms with Gasteiger partial charge in [0.2, 0.25) is 0 Å². The minimum Gasteiger partial charge on any atom is -0.486 e. The smallest absolute Gasteiger partial charge is 0.409 e. The highest BCUT2D eigenvalue weighted by atomic mass is 19.4. The molecule has 0 radical (unpaired) electrons. The van der Waals surface area contributed by atoms with E-state index in [-0.39, 0.29) is 30.4 Å². The van der Waals surface area contributed by atoms with Gasteiger partial charge in [0.05, 0.1) is 12.2 Å². The van der Waals surface area contributed by atoms with Gasteiger partial charge < -0.3 is 19.9 Å². The second kappa shape index (κ2) is 7.89. The zero-order chi connectivity index (χ0) is 20.3. The fourth-order valence-corrected chi connectivity index (χ4v) is 2.49. The lowest BCUT2D eigenvalue weighted by Crippen LogP contribution is -2.32. The lowest BCUT2D eigenvalue weighted by atomic mass is 10.1.